The van der Waals surface area contributed by atoms with Crippen LogP contribution in [0.5, 0.6) is 0 Å². The number of amides is 2. The second-order valence-electron chi connectivity index (χ2n) is 7.41. The lowest BCUT2D eigenvalue weighted by molar-refractivity contribution is -0.117. The van der Waals surface area contributed by atoms with Crippen LogP contribution >= 0.6 is 23.1 Å². The Kier molecular flexibility index (Phi) is 6.40. The molecular weight excluding hydrogens is 432 g/mol. The van der Waals surface area contributed by atoms with Gasteiger partial charge in [0.15, 0.2) is 5.16 Å². The summed E-state index contributed by atoms with van der Waals surface area (Å²) >= 11 is 2.57. The van der Waals surface area contributed by atoms with E-state index in [4.69, 9.17) is 11.5 Å². The zero-order valence-corrected chi connectivity index (χ0v) is 18.8. The molecule has 0 unspecified atom stereocenters. The van der Waals surface area contributed by atoms with Gasteiger partial charge < -0.3 is 16.8 Å². The Hall–Kier alpha value is -2.69. The molecule has 0 aliphatic carbocycles. The molecule has 2 amide bonds. The topological polar surface area (TPSA) is 127 Å². The molecule has 1 saturated heterocycles. The van der Waals surface area contributed by atoms with Crippen LogP contribution in [0.1, 0.15) is 28.9 Å². The first-order valence-electron chi connectivity index (χ1n) is 10.0. The van der Waals surface area contributed by atoms with Crippen LogP contribution in [0.4, 0.5) is 11.4 Å². The third-order valence-electron chi connectivity index (χ3n) is 5.21. The molecule has 1 aliphatic rings. The highest BCUT2D eigenvalue weighted by Gasteiger charge is 2.21. The van der Waals surface area contributed by atoms with Crippen molar-refractivity contribution in [1.29, 1.82) is 0 Å². The summed E-state index contributed by atoms with van der Waals surface area (Å²) in [4.78, 5) is 36.5. The number of rotatable bonds is 6. The smallest absolute Gasteiger partial charge is 0.260 e. The summed E-state index contributed by atoms with van der Waals surface area (Å²) in [6, 6.07) is 7.46. The molecule has 0 spiro atoms. The van der Waals surface area contributed by atoms with Crippen LogP contribution in [-0.2, 0) is 4.79 Å². The number of anilines is 2. The number of likely N-dealkylation sites (tertiary alicyclic amines) is 1. The number of hydrogen-bond acceptors (Lipinski definition) is 8. The van der Waals surface area contributed by atoms with Crippen LogP contribution in [0.3, 0.4) is 0 Å². The van der Waals surface area contributed by atoms with E-state index in [1.54, 1.807) is 0 Å². The first-order valence-corrected chi connectivity index (χ1v) is 12.1. The molecular formula is C21H24N6O2S2. The predicted molar refractivity (Wildman–Crippen MR) is 126 cm³/mol. The Morgan fingerprint density at radius 3 is 2.71 bits per heavy atom. The minimum absolute atomic E-state index is 0.0391. The molecule has 2 aromatic heterocycles. The number of hydrogen-bond donors (Lipinski definition) is 3. The Morgan fingerprint density at radius 1 is 1.23 bits per heavy atom. The lowest BCUT2D eigenvalue weighted by atomic mass is 10.1. The quantitative estimate of drug-likeness (QED) is 0.384. The summed E-state index contributed by atoms with van der Waals surface area (Å²) in [6.45, 7) is 2.31. The first-order chi connectivity index (χ1) is 15.0. The van der Waals surface area contributed by atoms with E-state index in [0.717, 1.165) is 31.5 Å². The van der Waals surface area contributed by atoms with Crippen LogP contribution in [0, 0.1) is 0 Å². The van der Waals surface area contributed by atoms with Crippen molar-refractivity contribution in [3.05, 3.63) is 29.1 Å². The average molecular weight is 457 g/mol. The Labute approximate surface area is 188 Å². The van der Waals surface area contributed by atoms with Crippen LogP contribution in [0.25, 0.3) is 21.5 Å². The number of nitrogens with one attached hydrogen (secondary N) is 1. The second-order valence-corrected chi connectivity index (χ2v) is 9.19. The number of piperidine rings is 1. The number of thioether (sulfide) groups is 1. The van der Waals surface area contributed by atoms with Crippen molar-refractivity contribution in [2.24, 2.45) is 5.73 Å². The monoisotopic (exact) mass is 456 g/mol. The molecule has 0 bridgehead atoms. The van der Waals surface area contributed by atoms with Gasteiger partial charge in [-0.15, -0.1) is 11.3 Å². The normalized spacial score (nSPS) is 14.6. The van der Waals surface area contributed by atoms with Gasteiger partial charge in [-0.25, -0.2) is 9.97 Å². The lowest BCUT2D eigenvalue weighted by Crippen LogP contribution is -2.36. The third kappa shape index (κ3) is 4.65. The lowest BCUT2D eigenvalue weighted by Gasteiger charge is -2.25. The number of nitrogen functional groups attached to an aromatic ring is 1. The van der Waals surface area contributed by atoms with Gasteiger partial charge in [0, 0.05) is 11.3 Å². The summed E-state index contributed by atoms with van der Waals surface area (Å²) in [6.07, 6.45) is 5.39. The number of aromatic nitrogens is 2. The number of nitrogens with two attached hydrogens (primary N) is 2. The predicted octanol–water partition coefficient (Wildman–Crippen LogP) is 3.19. The fourth-order valence-corrected chi connectivity index (χ4v) is 5.12. The van der Waals surface area contributed by atoms with Gasteiger partial charge >= 0.3 is 0 Å². The van der Waals surface area contributed by atoms with E-state index in [-0.39, 0.29) is 16.5 Å². The Balaban J connectivity index is 1.66. The zero-order valence-electron chi connectivity index (χ0n) is 17.2. The molecule has 3 heterocycles. The van der Waals surface area contributed by atoms with Crippen molar-refractivity contribution in [2.75, 3.05) is 36.9 Å². The van der Waals surface area contributed by atoms with Crippen LogP contribution < -0.4 is 16.8 Å². The highest BCUT2D eigenvalue weighted by atomic mass is 32.2. The average Bonchev–Trinajstić information content (AvgIpc) is 3.10. The van der Waals surface area contributed by atoms with Crippen molar-refractivity contribution in [2.45, 2.75) is 24.4 Å². The largest absolute Gasteiger partial charge is 0.397 e. The molecule has 1 aliphatic heterocycles. The highest BCUT2D eigenvalue weighted by Crippen LogP contribution is 2.39. The summed E-state index contributed by atoms with van der Waals surface area (Å²) in [5, 5.41) is 4.16. The number of carbonyl (C=O) groups is 2. The minimum atomic E-state index is -0.587. The van der Waals surface area contributed by atoms with Crippen LogP contribution in [0.2, 0.25) is 0 Å². The van der Waals surface area contributed by atoms with E-state index < -0.39 is 5.91 Å². The summed E-state index contributed by atoms with van der Waals surface area (Å²) in [5.74, 6) is -0.626. The molecule has 5 N–H and O–H groups in total. The number of thiophene rings is 1. The fourth-order valence-electron chi connectivity index (χ4n) is 3.75. The van der Waals surface area contributed by atoms with E-state index in [9.17, 15) is 9.59 Å². The second kappa shape index (κ2) is 9.21. The molecule has 1 fully saturated rings. The Morgan fingerprint density at radius 2 is 2.00 bits per heavy atom. The number of primary amides is 1. The molecule has 10 heteroatoms. The van der Waals surface area contributed by atoms with Crippen LogP contribution in [0.15, 0.2) is 29.4 Å². The van der Waals surface area contributed by atoms with E-state index in [1.165, 1.54) is 29.5 Å². The van der Waals surface area contributed by atoms with E-state index in [0.29, 0.717) is 33.3 Å². The molecule has 0 radical (unpaired) electrons. The van der Waals surface area contributed by atoms with Crippen molar-refractivity contribution >= 4 is 56.5 Å². The van der Waals surface area contributed by atoms with Gasteiger partial charge in [0.05, 0.1) is 23.3 Å². The zero-order chi connectivity index (χ0) is 22.0. The van der Waals surface area contributed by atoms with Crippen molar-refractivity contribution in [3.8, 4) is 11.3 Å². The number of benzene rings is 1. The van der Waals surface area contributed by atoms with Crippen molar-refractivity contribution < 1.29 is 9.59 Å². The molecule has 0 saturated carbocycles. The van der Waals surface area contributed by atoms with Gasteiger partial charge in [0.1, 0.15) is 9.71 Å². The highest BCUT2D eigenvalue weighted by molar-refractivity contribution is 7.98. The number of fused-ring (bicyclic) bond motifs is 1. The maximum absolute atomic E-state index is 12.5. The molecule has 4 rings (SSSR count). The van der Waals surface area contributed by atoms with Gasteiger partial charge in [-0.1, -0.05) is 30.3 Å². The molecule has 1 aromatic carbocycles. The van der Waals surface area contributed by atoms with Gasteiger partial charge in [-0.05, 0) is 44.3 Å². The maximum Gasteiger partial charge on any atom is 0.260 e. The van der Waals surface area contributed by atoms with E-state index >= 15 is 0 Å². The van der Waals surface area contributed by atoms with Gasteiger partial charge in [0.25, 0.3) is 5.91 Å². The van der Waals surface area contributed by atoms with Gasteiger partial charge in [-0.3, -0.25) is 14.5 Å². The molecule has 8 nitrogen and oxygen atoms in total. The first kappa shape index (κ1) is 21.5. The number of nitrogens with zero attached hydrogens (tertiary/aromatic N) is 3. The summed E-state index contributed by atoms with van der Waals surface area (Å²) in [7, 11) is 0. The summed E-state index contributed by atoms with van der Waals surface area (Å²) in [5.41, 5.74) is 14.1. The van der Waals surface area contributed by atoms with Gasteiger partial charge in [0.2, 0.25) is 5.91 Å². The summed E-state index contributed by atoms with van der Waals surface area (Å²) < 4.78 is 0. The standard InChI is InChI=1S/C21H24N6O2S2/c1-30-21-25-17(15-16(22)18(19(23)29)31-20(15)26-21)12-6-5-7-13(10-12)24-14(28)11-27-8-3-2-4-9-27/h5-7,10H,2-4,8-9,11,22H2,1H3,(H2,23,29)(H,24,28). The Bertz CT molecular complexity index is 1140. The van der Waals surface area contributed by atoms with E-state index in [1.807, 2.05) is 30.5 Å². The minimum Gasteiger partial charge on any atom is -0.397 e. The van der Waals surface area contributed by atoms with E-state index in [2.05, 4.69) is 20.2 Å². The van der Waals surface area contributed by atoms with Gasteiger partial charge in [-0.2, -0.15) is 0 Å². The van der Waals surface area contributed by atoms with Crippen molar-refractivity contribution in [3.63, 3.8) is 0 Å². The molecule has 31 heavy (non-hydrogen) atoms. The number of carbonyl (C=O) groups excluding carboxylic acids is 2. The maximum atomic E-state index is 12.5. The van der Waals surface area contributed by atoms with Crippen molar-refractivity contribution in [1.82, 2.24) is 14.9 Å². The third-order valence-corrected chi connectivity index (χ3v) is 6.87. The molecule has 0 atom stereocenters. The van der Waals surface area contributed by atoms with Crippen LogP contribution in [-0.4, -0.2) is 52.6 Å². The molecule has 3 aromatic rings. The fraction of sp³-hybridized carbons (Fsp3) is 0.333. The molecule has 162 valence electrons. The SMILES string of the molecule is CSc1nc(-c2cccc(NC(=O)CN3CCCCC3)c2)c2c(N)c(C(N)=O)sc2n1.